The van der Waals surface area contributed by atoms with Crippen LogP contribution in [0.3, 0.4) is 0 Å². The fourth-order valence-electron chi connectivity index (χ4n) is 10.2. The zero-order valence-corrected chi connectivity index (χ0v) is 52.1. The third-order valence-electron chi connectivity index (χ3n) is 14.0. The van der Waals surface area contributed by atoms with E-state index in [2.05, 4.69) is 64.5 Å². The number of hydrogen-bond donors (Lipinski definition) is 1. The quantitative estimate of drug-likeness (QED) is 0.0144. The van der Waals surface area contributed by atoms with Crippen molar-refractivity contribution < 1.29 is 85.1 Å². The second-order valence-electron chi connectivity index (χ2n) is 22.2. The van der Waals surface area contributed by atoms with Gasteiger partial charge in [-0.25, -0.2) is 4.67 Å². The van der Waals surface area contributed by atoms with E-state index in [0.29, 0.717) is 24.3 Å². The lowest BCUT2D eigenvalue weighted by Crippen LogP contribution is -2.58. The summed E-state index contributed by atoms with van der Waals surface area (Å²) in [5, 5.41) is 12.4. The number of nitrogens with one attached hydrogen (secondary N) is 1. The van der Waals surface area contributed by atoms with Gasteiger partial charge in [0.2, 0.25) is 5.91 Å². The highest BCUT2D eigenvalue weighted by Crippen LogP contribution is 2.52. The van der Waals surface area contributed by atoms with E-state index in [9.17, 15) is 24.4 Å². The fraction of sp³-hybridized carbons (Fsp3) is 0.629. The maximum absolute atomic E-state index is 12.7. The molecule has 2 aliphatic rings. The van der Waals surface area contributed by atoms with Crippen LogP contribution in [-0.2, 0) is 81.2 Å². The molecule has 0 aromatic heterocycles. The molecule has 1 N–H and O–H groups in total. The van der Waals surface area contributed by atoms with Gasteiger partial charge in [-0.1, -0.05) is 82.3 Å². The van der Waals surface area contributed by atoms with Crippen molar-refractivity contribution in [1.82, 2.24) is 9.99 Å². The van der Waals surface area contributed by atoms with Gasteiger partial charge >= 0.3 is 17.9 Å². The Morgan fingerprint density at radius 3 is 1.82 bits per heavy atom. The Labute approximate surface area is 497 Å². The van der Waals surface area contributed by atoms with Gasteiger partial charge in [0, 0.05) is 58.3 Å². The van der Waals surface area contributed by atoms with Gasteiger partial charge in [0.1, 0.15) is 61.0 Å². The van der Waals surface area contributed by atoms with E-state index in [4.69, 9.17) is 65.9 Å². The number of nitriles is 1. The average Bonchev–Trinajstić information content (AvgIpc) is 1.43. The molecule has 2 heterocycles. The molecule has 3 aromatic carbocycles. The number of ether oxygens (including phenoxy) is 12. The molecule has 2 aliphatic heterocycles. The van der Waals surface area contributed by atoms with Crippen molar-refractivity contribution in [3.8, 4) is 17.6 Å². The lowest BCUT2D eigenvalue weighted by atomic mass is 9.80. The maximum atomic E-state index is 12.7. The molecule has 22 heteroatoms. The molecule has 0 aliphatic carbocycles. The van der Waals surface area contributed by atoms with Crippen LogP contribution in [0.1, 0.15) is 119 Å². The van der Waals surface area contributed by atoms with Crippen molar-refractivity contribution in [3.05, 3.63) is 95.6 Å². The van der Waals surface area contributed by atoms with Crippen LogP contribution in [0.5, 0.6) is 11.5 Å². The molecule has 2 saturated heterocycles. The standard InChI is InChI=1S/C62H90N3O18P/c1-41(2)65(42(3)4)84(78-34-19-31-63)83-57-53(39-77-62(47-20-15-14-16-21-47,48-23-27-50(70-12)28-24-48)49-25-29-51(71-13)30-26-49)81-59(61(9,10)11)58(57)76-40-73-37-36-72-35-32-64-54(69)22-17-18-33-74-60-43(5)55(79-45(7)67)56(80-46(8)68)52(82-60)38-75-44(6)66/h14-16,20-21,23-30,41-43,52-53,55-60H,17-19,22,32-40H2,1-13H3,(H,64,69)/t43?,52?,53-,55?,56?,57?,58?,59-,60?,84?/m1/s1. The molecule has 0 spiro atoms. The summed E-state index contributed by atoms with van der Waals surface area (Å²) >= 11 is 0. The van der Waals surface area contributed by atoms with Gasteiger partial charge in [0.25, 0.3) is 8.53 Å². The van der Waals surface area contributed by atoms with E-state index >= 15 is 0 Å². The minimum atomic E-state index is -1.77. The first kappa shape index (κ1) is 69.4. The Morgan fingerprint density at radius 1 is 0.679 bits per heavy atom. The van der Waals surface area contributed by atoms with Gasteiger partial charge in [0.15, 0.2) is 12.4 Å². The summed E-state index contributed by atoms with van der Waals surface area (Å²) in [5.74, 6) is -1.06. The molecule has 1 amide bonds. The molecule has 84 heavy (non-hydrogen) atoms. The van der Waals surface area contributed by atoms with Crippen molar-refractivity contribution >= 4 is 32.3 Å². The SMILES string of the molecule is COc1ccc(C(OC[C@H]2O[C@@H](C(C)(C)C)C(OCOCCOCCNC(=O)CCCCOC3OC(COC(C)=O)C(OC(C)=O)C(OC(C)=O)C3C)C2OP(OCCC#N)N(C(C)C)C(C)C)(c2ccccc2)c2ccc(OC)cc2)cc1. The molecular formula is C62H90N3O18P. The van der Waals surface area contributed by atoms with E-state index < -0.39 is 92.4 Å². The zero-order valence-electron chi connectivity index (χ0n) is 51.2. The number of hydrogen-bond acceptors (Lipinski definition) is 20. The minimum absolute atomic E-state index is 0.0212. The second-order valence-corrected chi connectivity index (χ2v) is 23.6. The second kappa shape index (κ2) is 34.7. The Balaban J connectivity index is 1.22. The van der Waals surface area contributed by atoms with E-state index in [1.54, 1.807) is 21.1 Å². The van der Waals surface area contributed by atoms with E-state index in [0.717, 1.165) is 16.7 Å². The highest BCUT2D eigenvalue weighted by molar-refractivity contribution is 7.44. The van der Waals surface area contributed by atoms with Gasteiger partial charge in [-0.05, 0) is 86.9 Å². The number of carbonyl (C=O) groups excluding carboxylic acids is 4. The Hall–Kier alpha value is -5.34. The number of carbonyl (C=O) groups is 4. The molecule has 5 rings (SSSR count). The number of rotatable bonds is 35. The summed E-state index contributed by atoms with van der Waals surface area (Å²) in [5.41, 5.74) is 0.979. The van der Waals surface area contributed by atoms with Crippen molar-refractivity contribution in [3.63, 3.8) is 0 Å². The summed E-state index contributed by atoms with van der Waals surface area (Å²) in [6.07, 6.45) is -4.94. The number of benzene rings is 3. The first-order valence-corrected chi connectivity index (χ1v) is 30.0. The van der Waals surface area contributed by atoms with Gasteiger partial charge in [-0.3, -0.25) is 19.2 Å². The first-order chi connectivity index (χ1) is 40.1. The predicted octanol–water partition coefficient (Wildman–Crippen LogP) is 8.95. The molecule has 8 unspecified atom stereocenters. The molecular weight excluding hydrogens is 1110 g/mol. The third-order valence-corrected chi connectivity index (χ3v) is 16.2. The highest BCUT2D eigenvalue weighted by Gasteiger charge is 2.54. The number of amides is 1. The molecule has 21 nitrogen and oxygen atoms in total. The van der Waals surface area contributed by atoms with Crippen molar-refractivity contribution in [2.24, 2.45) is 11.3 Å². The zero-order chi connectivity index (χ0) is 61.4. The van der Waals surface area contributed by atoms with Crippen LogP contribution in [0, 0.1) is 22.7 Å². The van der Waals surface area contributed by atoms with Gasteiger partial charge in [-0.15, -0.1) is 0 Å². The highest BCUT2D eigenvalue weighted by atomic mass is 31.2. The summed E-state index contributed by atoms with van der Waals surface area (Å²) in [6.45, 7) is 21.1. The Bertz CT molecular complexity index is 2440. The van der Waals surface area contributed by atoms with E-state index in [1.165, 1.54) is 20.8 Å². The molecule has 3 aromatic rings. The first-order valence-electron chi connectivity index (χ1n) is 28.8. The number of nitrogens with zero attached hydrogens (tertiary/aromatic N) is 2. The molecule has 10 atom stereocenters. The van der Waals surface area contributed by atoms with Crippen molar-refractivity contribution in [2.75, 3.05) is 73.8 Å². The smallest absolute Gasteiger partial charge is 0.303 e. The topological polar surface area (TPSA) is 237 Å². The van der Waals surface area contributed by atoms with Gasteiger partial charge < -0.3 is 71.2 Å². The number of methoxy groups -OCH3 is 2. The normalized spacial score (nSPS) is 22.1. The summed E-state index contributed by atoms with van der Waals surface area (Å²) < 4.78 is 88.4. The van der Waals surface area contributed by atoms with Gasteiger partial charge in [-0.2, -0.15) is 5.26 Å². The third kappa shape index (κ3) is 20.4. The van der Waals surface area contributed by atoms with Crippen molar-refractivity contribution in [2.45, 2.75) is 169 Å². The Kier molecular flexibility index (Phi) is 28.7. The summed E-state index contributed by atoms with van der Waals surface area (Å²) in [7, 11) is 1.50. The number of unbranched alkanes of at least 4 members (excludes halogenated alkanes) is 1. The molecule has 0 radical (unpaired) electrons. The molecule has 2 fully saturated rings. The largest absolute Gasteiger partial charge is 0.497 e. The summed E-state index contributed by atoms with van der Waals surface area (Å²) in [4.78, 5) is 48.3. The maximum Gasteiger partial charge on any atom is 0.303 e. The monoisotopic (exact) mass is 1200 g/mol. The molecule has 0 bridgehead atoms. The summed E-state index contributed by atoms with van der Waals surface area (Å²) in [6, 6.07) is 28.0. The van der Waals surface area contributed by atoms with Crippen LogP contribution in [0.25, 0.3) is 0 Å². The van der Waals surface area contributed by atoms with Crippen LogP contribution in [-0.4, -0.2) is 163 Å². The van der Waals surface area contributed by atoms with Crippen LogP contribution in [0.2, 0.25) is 0 Å². The van der Waals surface area contributed by atoms with Crippen molar-refractivity contribution in [1.29, 1.82) is 5.26 Å². The molecule has 0 saturated carbocycles. The van der Waals surface area contributed by atoms with Gasteiger partial charge in [0.05, 0.1) is 65.8 Å². The molecule has 466 valence electrons. The van der Waals surface area contributed by atoms with Crippen LogP contribution >= 0.6 is 8.53 Å². The van der Waals surface area contributed by atoms with E-state index in [-0.39, 0.29) is 90.4 Å². The van der Waals surface area contributed by atoms with Crippen LogP contribution in [0.15, 0.2) is 78.9 Å². The van der Waals surface area contributed by atoms with Crippen LogP contribution < -0.4 is 14.8 Å². The lowest BCUT2D eigenvalue weighted by Gasteiger charge is -2.43. The van der Waals surface area contributed by atoms with Crippen LogP contribution in [0.4, 0.5) is 0 Å². The van der Waals surface area contributed by atoms with E-state index in [1.807, 2.05) is 78.9 Å². The average molecular weight is 1200 g/mol. The predicted molar refractivity (Wildman–Crippen MR) is 311 cm³/mol. The number of esters is 3. The fourth-order valence-corrected chi connectivity index (χ4v) is 11.9. The minimum Gasteiger partial charge on any atom is -0.497 e. The lowest BCUT2D eigenvalue weighted by molar-refractivity contribution is -0.288. The Morgan fingerprint density at radius 2 is 1.26 bits per heavy atom.